The van der Waals surface area contributed by atoms with Crippen molar-refractivity contribution < 1.29 is 9.53 Å². The smallest absolute Gasteiger partial charge is 0.223 e. The minimum atomic E-state index is 0.0594. The van der Waals surface area contributed by atoms with Gasteiger partial charge in [-0.3, -0.25) is 4.79 Å². The van der Waals surface area contributed by atoms with Crippen LogP contribution >= 0.6 is 0 Å². The second-order valence-electron chi connectivity index (χ2n) is 4.34. The highest BCUT2D eigenvalue weighted by molar-refractivity contribution is 5.76. The molecule has 0 radical (unpaired) electrons. The van der Waals surface area contributed by atoms with Crippen molar-refractivity contribution in [1.29, 1.82) is 0 Å². The Kier molecular flexibility index (Phi) is 3.98. The molecule has 1 aromatic rings. The molecular weight excluding hydrogens is 216 g/mol. The largest absolute Gasteiger partial charge is 0.493 e. The van der Waals surface area contributed by atoms with Crippen LogP contribution in [-0.4, -0.2) is 31.6 Å². The van der Waals surface area contributed by atoms with Crippen molar-refractivity contribution in [2.45, 2.75) is 19.4 Å². The topological polar surface area (TPSA) is 50.4 Å². The van der Waals surface area contributed by atoms with Gasteiger partial charge in [-0.1, -0.05) is 12.1 Å². The lowest BCUT2D eigenvalue weighted by Crippen LogP contribution is -2.57. The van der Waals surface area contributed by atoms with E-state index in [4.69, 9.17) is 4.74 Å². The van der Waals surface area contributed by atoms with E-state index < -0.39 is 0 Å². The van der Waals surface area contributed by atoms with E-state index >= 15 is 0 Å². The molecule has 1 aliphatic rings. The predicted octanol–water partition coefficient (Wildman–Crippen LogP) is 0.852. The van der Waals surface area contributed by atoms with Crippen molar-refractivity contribution in [3.63, 3.8) is 0 Å². The van der Waals surface area contributed by atoms with Crippen molar-refractivity contribution in [2.75, 3.05) is 19.7 Å². The lowest BCUT2D eigenvalue weighted by molar-refractivity contribution is -0.122. The Morgan fingerprint density at radius 1 is 1.53 bits per heavy atom. The van der Waals surface area contributed by atoms with Gasteiger partial charge in [0.25, 0.3) is 0 Å². The van der Waals surface area contributed by atoms with E-state index in [1.165, 1.54) is 0 Å². The molecule has 2 rings (SSSR count). The third-order valence-electron chi connectivity index (χ3n) is 2.73. The molecule has 1 fully saturated rings. The van der Waals surface area contributed by atoms with Crippen LogP contribution in [0.3, 0.4) is 0 Å². The molecule has 0 aromatic heterocycles. The molecular formula is C13H18N2O2. The van der Waals surface area contributed by atoms with Gasteiger partial charge in [0.05, 0.1) is 19.1 Å². The summed E-state index contributed by atoms with van der Waals surface area (Å²) < 4.78 is 5.51. The zero-order valence-corrected chi connectivity index (χ0v) is 10.0. The summed E-state index contributed by atoms with van der Waals surface area (Å²) in [5, 5.41) is 6.04. The first kappa shape index (κ1) is 11.9. The molecule has 0 aliphatic carbocycles. The molecule has 4 nitrogen and oxygen atoms in total. The van der Waals surface area contributed by atoms with Crippen LogP contribution in [0.15, 0.2) is 24.3 Å². The number of aryl methyl sites for hydroxylation is 1. The van der Waals surface area contributed by atoms with Gasteiger partial charge in [0, 0.05) is 13.1 Å². The fraction of sp³-hybridized carbons (Fsp3) is 0.462. The number of benzene rings is 1. The number of hydrogen-bond donors (Lipinski definition) is 2. The molecule has 4 heteroatoms. The summed E-state index contributed by atoms with van der Waals surface area (Å²) >= 11 is 0. The number of carbonyl (C=O) groups is 1. The molecule has 1 amide bonds. The van der Waals surface area contributed by atoms with Gasteiger partial charge in [0.1, 0.15) is 5.75 Å². The van der Waals surface area contributed by atoms with E-state index in [9.17, 15) is 4.79 Å². The number of rotatable bonds is 5. The maximum Gasteiger partial charge on any atom is 0.223 e. The van der Waals surface area contributed by atoms with Gasteiger partial charge in [0.2, 0.25) is 5.91 Å². The maximum atomic E-state index is 11.5. The summed E-state index contributed by atoms with van der Waals surface area (Å²) in [6.07, 6.45) is 0.407. The first-order valence-electron chi connectivity index (χ1n) is 5.93. The maximum absolute atomic E-state index is 11.5. The van der Waals surface area contributed by atoms with E-state index in [0.717, 1.165) is 24.4 Å². The summed E-state index contributed by atoms with van der Waals surface area (Å²) in [6, 6.07) is 8.14. The van der Waals surface area contributed by atoms with E-state index in [2.05, 4.69) is 10.6 Å². The van der Waals surface area contributed by atoms with Crippen LogP contribution in [0, 0.1) is 6.92 Å². The second kappa shape index (κ2) is 5.68. The molecule has 0 spiro atoms. The molecule has 0 saturated carbocycles. The minimum Gasteiger partial charge on any atom is -0.493 e. The van der Waals surface area contributed by atoms with Crippen molar-refractivity contribution in [1.82, 2.24) is 10.6 Å². The fourth-order valence-electron chi connectivity index (χ4n) is 1.66. The monoisotopic (exact) mass is 234 g/mol. The van der Waals surface area contributed by atoms with Crippen molar-refractivity contribution in [2.24, 2.45) is 0 Å². The molecule has 1 heterocycles. The summed E-state index contributed by atoms with van der Waals surface area (Å²) in [5.41, 5.74) is 1.16. The molecule has 92 valence electrons. The predicted molar refractivity (Wildman–Crippen MR) is 66.1 cm³/mol. The lowest BCUT2D eigenvalue weighted by atomic mass is 10.2. The molecule has 0 bridgehead atoms. The Morgan fingerprint density at radius 2 is 2.35 bits per heavy atom. The molecule has 17 heavy (non-hydrogen) atoms. The van der Waals surface area contributed by atoms with E-state index in [1.54, 1.807) is 0 Å². The quantitative estimate of drug-likeness (QED) is 0.794. The van der Waals surface area contributed by atoms with Gasteiger partial charge < -0.3 is 15.4 Å². The van der Waals surface area contributed by atoms with Crippen LogP contribution in [0.5, 0.6) is 5.75 Å². The van der Waals surface area contributed by atoms with Gasteiger partial charge in [-0.25, -0.2) is 0 Å². The average Bonchev–Trinajstić information content (AvgIpc) is 2.24. The SMILES string of the molecule is Cc1cccc(OCCC(=O)NC2CNC2)c1. The number of hydrogen-bond acceptors (Lipinski definition) is 3. The van der Waals surface area contributed by atoms with E-state index in [1.807, 2.05) is 31.2 Å². The third kappa shape index (κ3) is 3.75. The Bertz CT molecular complexity index is 389. The second-order valence-corrected chi connectivity index (χ2v) is 4.34. The molecule has 0 atom stereocenters. The highest BCUT2D eigenvalue weighted by Gasteiger charge is 2.18. The third-order valence-corrected chi connectivity index (χ3v) is 2.73. The van der Waals surface area contributed by atoms with Crippen LogP contribution in [0.2, 0.25) is 0 Å². The molecule has 1 aliphatic heterocycles. The summed E-state index contributed by atoms with van der Waals surface area (Å²) in [5.74, 6) is 0.882. The van der Waals surface area contributed by atoms with E-state index in [-0.39, 0.29) is 5.91 Å². The van der Waals surface area contributed by atoms with Gasteiger partial charge in [-0.05, 0) is 24.6 Å². The molecule has 1 saturated heterocycles. The first-order valence-corrected chi connectivity index (χ1v) is 5.93. The number of amides is 1. The zero-order valence-electron chi connectivity index (χ0n) is 10.0. The van der Waals surface area contributed by atoms with Crippen LogP contribution in [0.25, 0.3) is 0 Å². The normalized spacial score (nSPS) is 15.1. The zero-order chi connectivity index (χ0) is 12.1. The van der Waals surface area contributed by atoms with Crippen LogP contribution < -0.4 is 15.4 Å². The fourth-order valence-corrected chi connectivity index (χ4v) is 1.66. The van der Waals surface area contributed by atoms with Crippen LogP contribution in [-0.2, 0) is 4.79 Å². The Hall–Kier alpha value is -1.55. The van der Waals surface area contributed by atoms with Gasteiger partial charge in [-0.2, -0.15) is 0 Å². The summed E-state index contributed by atoms with van der Waals surface area (Å²) in [4.78, 5) is 11.5. The van der Waals surface area contributed by atoms with Crippen molar-refractivity contribution in [3.8, 4) is 5.75 Å². The van der Waals surface area contributed by atoms with Crippen molar-refractivity contribution in [3.05, 3.63) is 29.8 Å². The lowest BCUT2D eigenvalue weighted by Gasteiger charge is -2.27. The minimum absolute atomic E-state index is 0.0594. The van der Waals surface area contributed by atoms with Crippen LogP contribution in [0.1, 0.15) is 12.0 Å². The standard InChI is InChI=1S/C13H18N2O2/c1-10-3-2-4-12(7-10)17-6-5-13(16)15-11-8-14-9-11/h2-4,7,11,14H,5-6,8-9H2,1H3,(H,15,16). The first-order chi connectivity index (χ1) is 8.24. The average molecular weight is 234 g/mol. The number of ether oxygens (including phenoxy) is 1. The van der Waals surface area contributed by atoms with Gasteiger partial charge >= 0.3 is 0 Å². The summed E-state index contributed by atoms with van der Waals surface area (Å²) in [6.45, 7) is 4.20. The number of nitrogens with one attached hydrogen (secondary N) is 2. The Balaban J connectivity index is 1.66. The van der Waals surface area contributed by atoms with E-state index in [0.29, 0.717) is 19.1 Å². The van der Waals surface area contributed by atoms with Crippen LogP contribution in [0.4, 0.5) is 0 Å². The Morgan fingerprint density at radius 3 is 3.00 bits per heavy atom. The van der Waals surface area contributed by atoms with Gasteiger partial charge in [-0.15, -0.1) is 0 Å². The van der Waals surface area contributed by atoms with Gasteiger partial charge in [0.15, 0.2) is 0 Å². The molecule has 0 unspecified atom stereocenters. The Labute approximate surface area is 101 Å². The highest BCUT2D eigenvalue weighted by Crippen LogP contribution is 2.12. The molecule has 1 aromatic carbocycles. The molecule has 2 N–H and O–H groups in total. The van der Waals surface area contributed by atoms with Crippen molar-refractivity contribution >= 4 is 5.91 Å². The number of carbonyl (C=O) groups excluding carboxylic acids is 1. The summed E-state index contributed by atoms with van der Waals surface area (Å²) in [7, 11) is 0. The highest BCUT2D eigenvalue weighted by atomic mass is 16.5.